The van der Waals surface area contributed by atoms with Crippen LogP contribution in [0.5, 0.6) is 0 Å². The highest BCUT2D eigenvalue weighted by Crippen LogP contribution is 2.18. The van der Waals surface area contributed by atoms with E-state index in [9.17, 15) is 9.59 Å². The van der Waals surface area contributed by atoms with Gasteiger partial charge in [0.05, 0.1) is 0 Å². The molecule has 2 rings (SSSR count). The molecule has 0 fully saturated rings. The third-order valence-electron chi connectivity index (χ3n) is 3.85. The highest BCUT2D eigenvalue weighted by molar-refractivity contribution is 8.13. The highest BCUT2D eigenvalue weighted by Gasteiger charge is 2.07. The van der Waals surface area contributed by atoms with E-state index in [1.54, 1.807) is 0 Å². The van der Waals surface area contributed by atoms with E-state index in [1.165, 1.54) is 11.8 Å². The number of hydrogen-bond acceptors (Lipinski definition) is 3. The topological polar surface area (TPSA) is 62.0 Å². The number of nitrogens with one attached hydrogen (secondary N) is 2. The first-order valence-corrected chi connectivity index (χ1v) is 9.58. The van der Waals surface area contributed by atoms with Crippen molar-refractivity contribution in [2.75, 3.05) is 11.1 Å². The van der Waals surface area contributed by atoms with Gasteiger partial charge in [-0.15, -0.1) is 0 Å². The minimum absolute atomic E-state index is 0. The van der Waals surface area contributed by atoms with Gasteiger partial charge in [0.1, 0.15) is 0 Å². The molecule has 4 nitrogen and oxygen atoms in total. The molecule has 1 heterocycles. The minimum atomic E-state index is 0. The van der Waals surface area contributed by atoms with Crippen LogP contribution >= 0.6 is 11.8 Å². The van der Waals surface area contributed by atoms with Crippen molar-refractivity contribution in [1.29, 1.82) is 0 Å². The normalized spacial score (nSPS) is 11.1. The van der Waals surface area contributed by atoms with E-state index in [0.29, 0.717) is 6.42 Å². The van der Waals surface area contributed by atoms with Gasteiger partial charge in [-0.3, -0.25) is 9.59 Å². The Hall–Kier alpha value is -1.75. The lowest BCUT2D eigenvalue weighted by atomic mass is 10.1. The van der Waals surface area contributed by atoms with E-state index < -0.39 is 0 Å². The summed E-state index contributed by atoms with van der Waals surface area (Å²) in [6.45, 7) is 3.86. The third kappa shape index (κ3) is 6.04. The standard InChI is InChI=1S/C19H26N2O2S.2H2/c1-14(2)19(23)24-12-6-4-3-5-7-18(22)21-16-9-8-15-10-11-20-17(15)13-16;;/h8-11,13-14,20H,3-7,12H2,1-2H3,(H,21,22);2*1H. The van der Waals surface area contributed by atoms with Gasteiger partial charge in [0.15, 0.2) is 5.12 Å². The number of aromatic nitrogens is 1. The molecule has 5 heteroatoms. The fourth-order valence-electron chi connectivity index (χ4n) is 2.43. The Kier molecular flexibility index (Phi) is 7.37. The Bertz CT molecular complexity index is 689. The van der Waals surface area contributed by atoms with Crippen LogP contribution in [-0.4, -0.2) is 21.8 Å². The van der Waals surface area contributed by atoms with Crippen molar-refractivity contribution in [2.45, 2.75) is 46.0 Å². The Balaban J connectivity index is 0.00000312. The molecule has 0 saturated heterocycles. The maximum atomic E-state index is 12.0. The molecule has 2 N–H and O–H groups in total. The summed E-state index contributed by atoms with van der Waals surface area (Å²) in [4.78, 5) is 26.6. The van der Waals surface area contributed by atoms with Crippen molar-refractivity contribution in [3.8, 4) is 0 Å². The molecule has 0 aliphatic rings. The van der Waals surface area contributed by atoms with Gasteiger partial charge in [-0.05, 0) is 36.4 Å². The number of hydrogen-bond donors (Lipinski definition) is 2. The van der Waals surface area contributed by atoms with Gasteiger partial charge in [0, 0.05) is 38.3 Å². The van der Waals surface area contributed by atoms with E-state index in [1.807, 2.05) is 44.3 Å². The molecular formula is C19H30N2O2S. The van der Waals surface area contributed by atoms with Crippen LogP contribution in [0, 0.1) is 5.92 Å². The number of aromatic amines is 1. The van der Waals surface area contributed by atoms with Crippen molar-refractivity contribution in [2.24, 2.45) is 5.92 Å². The van der Waals surface area contributed by atoms with Crippen LogP contribution < -0.4 is 5.32 Å². The molecule has 1 aromatic carbocycles. The molecule has 0 unspecified atom stereocenters. The average molecular weight is 351 g/mol. The number of fused-ring (bicyclic) bond motifs is 1. The number of rotatable bonds is 9. The summed E-state index contributed by atoms with van der Waals surface area (Å²) in [5, 5.41) is 4.36. The monoisotopic (exact) mass is 350 g/mol. The molecule has 0 aliphatic heterocycles. The lowest BCUT2D eigenvalue weighted by molar-refractivity contribution is -0.116. The van der Waals surface area contributed by atoms with Crippen molar-refractivity contribution in [3.63, 3.8) is 0 Å². The number of thioether (sulfide) groups is 1. The molecule has 0 saturated carbocycles. The van der Waals surface area contributed by atoms with Gasteiger partial charge in [0.25, 0.3) is 0 Å². The lowest BCUT2D eigenvalue weighted by Gasteiger charge is -2.06. The van der Waals surface area contributed by atoms with Gasteiger partial charge in [-0.25, -0.2) is 0 Å². The lowest BCUT2D eigenvalue weighted by Crippen LogP contribution is -2.10. The van der Waals surface area contributed by atoms with Crippen molar-refractivity contribution >= 4 is 39.4 Å². The second-order valence-electron chi connectivity index (χ2n) is 6.31. The van der Waals surface area contributed by atoms with Gasteiger partial charge < -0.3 is 10.3 Å². The van der Waals surface area contributed by atoms with E-state index in [0.717, 1.165) is 48.0 Å². The Morgan fingerprint density at radius 1 is 1.17 bits per heavy atom. The zero-order chi connectivity index (χ0) is 17.4. The molecule has 0 bridgehead atoms. The summed E-state index contributed by atoms with van der Waals surface area (Å²) in [5.41, 5.74) is 1.86. The van der Waals surface area contributed by atoms with Crippen molar-refractivity contribution in [3.05, 3.63) is 30.5 Å². The molecule has 0 radical (unpaired) electrons. The van der Waals surface area contributed by atoms with Crippen LogP contribution in [0.1, 0.15) is 48.8 Å². The number of H-pyrrole nitrogens is 1. The number of carbonyl (C=O) groups excluding carboxylic acids is 2. The maximum absolute atomic E-state index is 12.0. The van der Waals surface area contributed by atoms with E-state index in [-0.39, 0.29) is 19.8 Å². The second kappa shape index (κ2) is 9.52. The molecule has 1 amide bonds. The number of carbonyl (C=O) groups is 2. The highest BCUT2D eigenvalue weighted by atomic mass is 32.2. The van der Waals surface area contributed by atoms with Crippen LogP contribution in [0.2, 0.25) is 0 Å². The Morgan fingerprint density at radius 3 is 2.75 bits per heavy atom. The van der Waals surface area contributed by atoms with Crippen molar-refractivity contribution in [1.82, 2.24) is 4.98 Å². The van der Waals surface area contributed by atoms with Crippen LogP contribution in [-0.2, 0) is 9.59 Å². The molecule has 0 atom stereocenters. The second-order valence-corrected chi connectivity index (χ2v) is 7.41. The molecule has 1 aromatic heterocycles. The average Bonchev–Trinajstić information content (AvgIpc) is 3.01. The fraction of sp³-hybridized carbons (Fsp3) is 0.474. The van der Waals surface area contributed by atoms with E-state index >= 15 is 0 Å². The Morgan fingerprint density at radius 2 is 1.96 bits per heavy atom. The van der Waals surface area contributed by atoms with Gasteiger partial charge in [-0.2, -0.15) is 0 Å². The number of anilines is 1. The summed E-state index contributed by atoms with van der Waals surface area (Å²) >= 11 is 1.43. The summed E-state index contributed by atoms with van der Waals surface area (Å²) in [5.74, 6) is 1.06. The third-order valence-corrected chi connectivity index (χ3v) is 5.10. The molecule has 134 valence electrons. The quantitative estimate of drug-likeness (QED) is 0.590. The Labute approximate surface area is 150 Å². The largest absolute Gasteiger partial charge is 0.361 e. The molecular weight excluding hydrogens is 320 g/mol. The summed E-state index contributed by atoms with van der Waals surface area (Å²) < 4.78 is 0. The summed E-state index contributed by atoms with van der Waals surface area (Å²) in [6, 6.07) is 7.89. The summed E-state index contributed by atoms with van der Waals surface area (Å²) in [7, 11) is 0. The van der Waals surface area contributed by atoms with E-state index in [2.05, 4.69) is 10.3 Å². The van der Waals surface area contributed by atoms with Crippen LogP contribution in [0.4, 0.5) is 5.69 Å². The minimum Gasteiger partial charge on any atom is -0.361 e. The van der Waals surface area contributed by atoms with Gasteiger partial charge in [-0.1, -0.05) is 44.5 Å². The number of amides is 1. The van der Waals surface area contributed by atoms with E-state index in [4.69, 9.17) is 0 Å². The maximum Gasteiger partial charge on any atom is 0.224 e. The van der Waals surface area contributed by atoms with Crippen LogP contribution in [0.3, 0.4) is 0 Å². The number of unbranched alkanes of at least 4 members (excludes halogenated alkanes) is 3. The molecule has 2 aromatic rings. The smallest absolute Gasteiger partial charge is 0.224 e. The zero-order valence-corrected chi connectivity index (χ0v) is 15.2. The summed E-state index contributed by atoms with van der Waals surface area (Å²) in [6.07, 6.45) is 6.46. The molecule has 0 spiro atoms. The van der Waals surface area contributed by atoms with Crippen molar-refractivity contribution < 1.29 is 12.4 Å². The first-order valence-electron chi connectivity index (χ1n) is 8.60. The first kappa shape index (κ1) is 18.6. The predicted molar refractivity (Wildman–Crippen MR) is 107 cm³/mol. The number of benzene rings is 1. The van der Waals surface area contributed by atoms with Crippen LogP contribution in [0.25, 0.3) is 10.9 Å². The fourth-order valence-corrected chi connectivity index (χ4v) is 3.31. The predicted octanol–water partition coefficient (Wildman–Crippen LogP) is 5.46. The van der Waals surface area contributed by atoms with Gasteiger partial charge >= 0.3 is 0 Å². The first-order chi connectivity index (χ1) is 11.6. The zero-order valence-electron chi connectivity index (χ0n) is 14.4. The molecule has 24 heavy (non-hydrogen) atoms. The molecule has 0 aliphatic carbocycles. The van der Waals surface area contributed by atoms with Gasteiger partial charge in [0.2, 0.25) is 5.91 Å². The van der Waals surface area contributed by atoms with Crippen LogP contribution in [0.15, 0.2) is 30.5 Å². The SMILES string of the molecule is CC(C)C(=O)SCCCCCCC(=O)Nc1ccc2cc[nH]c2c1.[HH].[HH].